The fraction of sp³-hybridized carbons (Fsp3) is 0.609. The molecule has 0 spiro atoms. The number of aryl methyl sites for hydroxylation is 1. The number of carbonyl (C=O) groups is 1. The summed E-state index contributed by atoms with van der Waals surface area (Å²) in [4.78, 5) is 16.8. The van der Waals surface area contributed by atoms with Crippen molar-refractivity contribution >= 4 is 5.91 Å². The molecule has 7 nitrogen and oxygen atoms in total. The lowest BCUT2D eigenvalue weighted by atomic mass is 9.90. The van der Waals surface area contributed by atoms with Crippen LogP contribution >= 0.6 is 0 Å². The van der Waals surface area contributed by atoms with E-state index in [0.29, 0.717) is 5.89 Å². The second kappa shape index (κ2) is 7.46. The van der Waals surface area contributed by atoms with Crippen LogP contribution < -0.4 is 5.32 Å². The van der Waals surface area contributed by atoms with Crippen molar-refractivity contribution in [3.63, 3.8) is 0 Å². The van der Waals surface area contributed by atoms with Crippen LogP contribution in [0.4, 0.5) is 0 Å². The van der Waals surface area contributed by atoms with Crippen molar-refractivity contribution in [3.05, 3.63) is 46.6 Å². The Hall–Kier alpha value is -2.25. The molecule has 1 fully saturated rings. The topological polar surface area (TPSA) is 86.5 Å². The molecule has 164 valence electrons. The molecular formula is C23H33N3O4. The number of benzene rings is 1. The van der Waals surface area contributed by atoms with Crippen LogP contribution in [0.5, 0.6) is 0 Å². The molecule has 1 saturated heterocycles. The first kappa shape index (κ1) is 22.4. The molecule has 1 aliphatic heterocycles. The van der Waals surface area contributed by atoms with Crippen molar-refractivity contribution in [1.82, 2.24) is 15.5 Å². The summed E-state index contributed by atoms with van der Waals surface area (Å²) in [5, 5.41) is 6.76. The van der Waals surface area contributed by atoms with E-state index in [0.717, 1.165) is 16.7 Å². The molecule has 0 bridgehead atoms. The van der Waals surface area contributed by atoms with E-state index in [1.54, 1.807) is 0 Å². The Morgan fingerprint density at radius 1 is 1.13 bits per heavy atom. The van der Waals surface area contributed by atoms with Crippen LogP contribution in [0.25, 0.3) is 0 Å². The zero-order valence-electron chi connectivity index (χ0n) is 19.4. The number of carbonyl (C=O) groups excluding carboxylic acids is 1. The molecule has 1 N–H and O–H groups in total. The minimum absolute atomic E-state index is 0.0401. The van der Waals surface area contributed by atoms with Gasteiger partial charge in [0.1, 0.15) is 0 Å². The summed E-state index contributed by atoms with van der Waals surface area (Å²) in [6, 6.07) is 5.81. The number of aromatic nitrogens is 2. The van der Waals surface area contributed by atoms with Gasteiger partial charge in [-0.05, 0) is 52.7 Å². The van der Waals surface area contributed by atoms with E-state index < -0.39 is 6.29 Å². The van der Waals surface area contributed by atoms with E-state index in [1.807, 2.05) is 80.5 Å². The number of ether oxygens (including phenoxy) is 2. The Morgan fingerprint density at radius 3 is 2.23 bits per heavy atom. The minimum atomic E-state index is -0.414. The van der Waals surface area contributed by atoms with Crippen LogP contribution in [0.2, 0.25) is 0 Å². The van der Waals surface area contributed by atoms with Gasteiger partial charge in [-0.2, -0.15) is 4.98 Å². The lowest BCUT2D eigenvalue weighted by molar-refractivity contribution is -0.0896. The molecule has 0 aliphatic carbocycles. The molecule has 1 amide bonds. The van der Waals surface area contributed by atoms with Crippen molar-refractivity contribution in [1.29, 1.82) is 0 Å². The Morgan fingerprint density at radius 2 is 1.73 bits per heavy atom. The molecular weight excluding hydrogens is 382 g/mol. The lowest BCUT2D eigenvalue weighted by Gasteiger charge is -2.30. The molecule has 1 aromatic heterocycles. The van der Waals surface area contributed by atoms with Gasteiger partial charge in [0.15, 0.2) is 6.29 Å². The van der Waals surface area contributed by atoms with Crippen LogP contribution in [0.3, 0.4) is 0 Å². The van der Waals surface area contributed by atoms with Gasteiger partial charge < -0.3 is 19.3 Å². The van der Waals surface area contributed by atoms with Crippen LogP contribution in [0.15, 0.2) is 22.7 Å². The summed E-state index contributed by atoms with van der Waals surface area (Å²) < 4.78 is 17.5. The standard InChI is InChI=1S/C23H33N3O4/c1-13-12-15(19-28-22(6,7)23(8,9)29-19)10-11-16(13)14(2)24-18(27)17-25-20(30-26-17)21(3,4)5/h10-12,14,19H,1-9H3,(H,24,27)/t14-/m1/s1. The van der Waals surface area contributed by atoms with Gasteiger partial charge in [0.05, 0.1) is 17.2 Å². The molecule has 3 rings (SSSR count). The quantitative estimate of drug-likeness (QED) is 0.774. The Bertz CT molecular complexity index is 924. The number of amides is 1. The highest BCUT2D eigenvalue weighted by Crippen LogP contribution is 2.45. The van der Waals surface area contributed by atoms with Crippen LogP contribution in [-0.4, -0.2) is 27.2 Å². The molecule has 0 saturated carbocycles. The van der Waals surface area contributed by atoms with E-state index in [9.17, 15) is 4.79 Å². The average Bonchev–Trinajstić information content (AvgIpc) is 3.18. The first-order chi connectivity index (χ1) is 13.7. The fourth-order valence-corrected chi connectivity index (χ4v) is 3.27. The molecule has 7 heteroatoms. The summed E-state index contributed by atoms with van der Waals surface area (Å²) in [5.41, 5.74) is 1.92. The minimum Gasteiger partial charge on any atom is -0.343 e. The maximum absolute atomic E-state index is 12.6. The second-order valence-electron chi connectivity index (χ2n) is 10.1. The number of nitrogens with zero attached hydrogens (tertiary/aromatic N) is 2. The predicted molar refractivity (Wildman–Crippen MR) is 113 cm³/mol. The zero-order valence-corrected chi connectivity index (χ0v) is 19.4. The van der Waals surface area contributed by atoms with Gasteiger partial charge >= 0.3 is 0 Å². The Labute approximate surface area is 178 Å². The van der Waals surface area contributed by atoms with Crippen molar-refractivity contribution in [2.24, 2.45) is 0 Å². The largest absolute Gasteiger partial charge is 0.343 e. The lowest BCUT2D eigenvalue weighted by Crippen LogP contribution is -2.41. The third-order valence-electron chi connectivity index (χ3n) is 5.90. The monoisotopic (exact) mass is 415 g/mol. The van der Waals surface area contributed by atoms with E-state index in [-0.39, 0.29) is 34.4 Å². The van der Waals surface area contributed by atoms with Gasteiger partial charge in [-0.15, -0.1) is 0 Å². The first-order valence-corrected chi connectivity index (χ1v) is 10.3. The molecule has 1 atom stereocenters. The van der Waals surface area contributed by atoms with Crippen molar-refractivity contribution < 1.29 is 18.8 Å². The Balaban J connectivity index is 1.72. The summed E-state index contributed by atoms with van der Waals surface area (Å²) in [7, 11) is 0. The normalized spacial score (nSPS) is 19.6. The maximum Gasteiger partial charge on any atom is 0.293 e. The highest BCUT2D eigenvalue weighted by atomic mass is 16.7. The molecule has 2 aromatic rings. The van der Waals surface area contributed by atoms with Gasteiger partial charge in [-0.1, -0.05) is 44.1 Å². The third kappa shape index (κ3) is 4.27. The van der Waals surface area contributed by atoms with Gasteiger partial charge in [0, 0.05) is 11.0 Å². The average molecular weight is 416 g/mol. The third-order valence-corrected chi connectivity index (χ3v) is 5.90. The number of nitrogens with one attached hydrogen (secondary N) is 1. The SMILES string of the molecule is Cc1cc(C2OC(C)(C)C(C)(C)O2)ccc1[C@@H](C)NC(=O)c1noc(C(C)(C)C)n1. The van der Waals surface area contributed by atoms with Crippen LogP contribution in [0, 0.1) is 6.92 Å². The molecule has 2 heterocycles. The molecule has 30 heavy (non-hydrogen) atoms. The molecule has 0 radical (unpaired) electrons. The van der Waals surface area contributed by atoms with E-state index in [2.05, 4.69) is 15.5 Å². The van der Waals surface area contributed by atoms with E-state index in [1.165, 1.54) is 0 Å². The first-order valence-electron chi connectivity index (χ1n) is 10.3. The fourth-order valence-electron chi connectivity index (χ4n) is 3.27. The number of rotatable bonds is 4. The molecule has 0 unspecified atom stereocenters. The summed E-state index contributed by atoms with van der Waals surface area (Å²) >= 11 is 0. The number of hydrogen-bond donors (Lipinski definition) is 1. The van der Waals surface area contributed by atoms with Gasteiger partial charge in [0.25, 0.3) is 11.7 Å². The summed E-state index contributed by atoms with van der Waals surface area (Å²) in [5.74, 6) is 0.109. The highest BCUT2D eigenvalue weighted by molar-refractivity contribution is 5.90. The van der Waals surface area contributed by atoms with Crippen molar-refractivity contribution in [3.8, 4) is 0 Å². The highest BCUT2D eigenvalue weighted by Gasteiger charge is 2.49. The van der Waals surface area contributed by atoms with E-state index >= 15 is 0 Å². The van der Waals surface area contributed by atoms with Gasteiger partial charge in [0.2, 0.25) is 5.89 Å². The van der Waals surface area contributed by atoms with Crippen molar-refractivity contribution in [2.45, 2.75) is 91.3 Å². The van der Waals surface area contributed by atoms with Gasteiger partial charge in [-0.3, -0.25) is 4.79 Å². The van der Waals surface area contributed by atoms with Crippen LogP contribution in [0.1, 0.15) is 101 Å². The molecule has 1 aliphatic rings. The smallest absolute Gasteiger partial charge is 0.293 e. The Kier molecular flexibility index (Phi) is 5.58. The number of hydrogen-bond acceptors (Lipinski definition) is 6. The zero-order chi connectivity index (χ0) is 22.5. The van der Waals surface area contributed by atoms with Gasteiger partial charge in [-0.25, -0.2) is 0 Å². The second-order valence-corrected chi connectivity index (χ2v) is 10.1. The van der Waals surface area contributed by atoms with Crippen LogP contribution in [-0.2, 0) is 14.9 Å². The summed E-state index contributed by atoms with van der Waals surface area (Å²) in [6.07, 6.45) is -0.414. The van der Waals surface area contributed by atoms with E-state index in [4.69, 9.17) is 14.0 Å². The summed E-state index contributed by atoms with van der Waals surface area (Å²) in [6.45, 7) is 18.0. The predicted octanol–water partition coefficient (Wildman–Crippen LogP) is 4.77. The maximum atomic E-state index is 12.6. The molecule has 1 aromatic carbocycles. The van der Waals surface area contributed by atoms with Crippen molar-refractivity contribution in [2.75, 3.05) is 0 Å².